The number of carbonyl (C=O) groups is 3. The van der Waals surface area contributed by atoms with Gasteiger partial charge < -0.3 is 20.2 Å². The van der Waals surface area contributed by atoms with Gasteiger partial charge in [-0.1, -0.05) is 12.1 Å². The van der Waals surface area contributed by atoms with E-state index in [0.717, 1.165) is 56.5 Å². The molecule has 0 amide bonds. The number of rotatable bonds is 6. The Morgan fingerprint density at radius 2 is 1.31 bits per heavy atom. The maximum absolute atomic E-state index is 10.6. The zero-order chi connectivity index (χ0) is 38.9. The summed E-state index contributed by atoms with van der Waals surface area (Å²) in [6.07, 6.45) is -5.66. The highest BCUT2D eigenvalue weighted by molar-refractivity contribution is 5.73. The molecule has 52 heavy (non-hydrogen) atoms. The zero-order valence-electron chi connectivity index (χ0n) is 27.2. The van der Waals surface area contributed by atoms with Crippen molar-refractivity contribution in [3.05, 3.63) is 60.2 Å². The summed E-state index contributed by atoms with van der Waals surface area (Å²) in [4.78, 5) is 44.1. The molecule has 12 nitrogen and oxygen atoms in total. The summed E-state index contributed by atoms with van der Waals surface area (Å²) in [6, 6.07) is 13.1. The Kier molecular flexibility index (Phi) is 14.2. The molecule has 2 aliphatic heterocycles. The standard InChI is InChI=1S/C25H32N6.3C2HF3O2/c1-2-11-26-21(6-1)17-28-14-15-30(16-20-9-10-20)23(19-28)22-18-31-24(27-22)7-5-8-25(31)29-12-3-4-13-29;3*3-2(4,5)1(6)7/h1-2,5-8,11,18,20,23H,3-4,9-10,12-17,19H2;3*(H,6,7). The molecule has 288 valence electrons. The fraction of sp³-hybridized carbons (Fsp3) is 0.516. The average Bonchev–Trinajstić information content (AvgIpc) is 3.50. The molecule has 2 saturated heterocycles. The molecule has 1 unspecified atom stereocenters. The summed E-state index contributed by atoms with van der Waals surface area (Å²) in [6.45, 7) is 7.68. The van der Waals surface area contributed by atoms with Crippen molar-refractivity contribution >= 4 is 29.4 Å². The molecule has 21 heteroatoms. The lowest BCUT2D eigenvalue weighted by molar-refractivity contribution is -0.193. The molecule has 3 fully saturated rings. The minimum Gasteiger partial charge on any atom is -0.475 e. The minimum atomic E-state index is -5.08. The van der Waals surface area contributed by atoms with E-state index < -0.39 is 36.4 Å². The van der Waals surface area contributed by atoms with E-state index in [0.29, 0.717) is 6.04 Å². The summed E-state index contributed by atoms with van der Waals surface area (Å²) < 4.78 is 97.5. The van der Waals surface area contributed by atoms with Gasteiger partial charge in [0.25, 0.3) is 0 Å². The summed E-state index contributed by atoms with van der Waals surface area (Å²) >= 11 is 0. The van der Waals surface area contributed by atoms with Gasteiger partial charge in [-0.3, -0.25) is 19.2 Å². The van der Waals surface area contributed by atoms with Crippen LogP contribution in [0.5, 0.6) is 0 Å². The van der Waals surface area contributed by atoms with Crippen LogP contribution in [0.1, 0.15) is 43.1 Å². The molecule has 3 aromatic rings. The van der Waals surface area contributed by atoms with Crippen LogP contribution in [0, 0.1) is 5.92 Å². The highest BCUT2D eigenvalue weighted by atomic mass is 19.4. The van der Waals surface area contributed by atoms with Crippen LogP contribution in [-0.2, 0) is 20.9 Å². The van der Waals surface area contributed by atoms with E-state index in [1.807, 2.05) is 12.3 Å². The van der Waals surface area contributed by atoms with Crippen LogP contribution in [0.3, 0.4) is 0 Å². The molecule has 5 heterocycles. The first-order valence-corrected chi connectivity index (χ1v) is 15.7. The van der Waals surface area contributed by atoms with E-state index >= 15 is 0 Å². The summed E-state index contributed by atoms with van der Waals surface area (Å²) in [7, 11) is 0. The predicted octanol–water partition coefficient (Wildman–Crippen LogP) is 5.50. The van der Waals surface area contributed by atoms with E-state index in [1.54, 1.807) is 0 Å². The van der Waals surface area contributed by atoms with Crippen molar-refractivity contribution in [2.75, 3.05) is 44.2 Å². The molecule has 0 spiro atoms. The van der Waals surface area contributed by atoms with Gasteiger partial charge in [0.1, 0.15) is 11.5 Å². The van der Waals surface area contributed by atoms with E-state index in [1.165, 1.54) is 43.7 Å². The minimum absolute atomic E-state index is 0.351. The number of piperazine rings is 1. The Labute approximate surface area is 290 Å². The third-order valence-corrected chi connectivity index (χ3v) is 7.86. The SMILES string of the molecule is O=C(O)C(F)(F)F.O=C(O)C(F)(F)F.O=C(O)C(F)(F)F.c1ccc(CN2CCN(CC3CC3)C(c3cn4c(N5CCCC5)cccc4n3)C2)nc1. The summed E-state index contributed by atoms with van der Waals surface area (Å²) in [5, 5.41) is 21.4. The second-order valence-electron chi connectivity index (χ2n) is 11.9. The quantitative estimate of drug-likeness (QED) is 0.274. The first-order valence-electron chi connectivity index (χ1n) is 15.7. The number of pyridine rings is 2. The molecule has 1 atom stereocenters. The number of fused-ring (bicyclic) bond motifs is 1. The van der Waals surface area contributed by atoms with Crippen molar-refractivity contribution in [1.82, 2.24) is 24.2 Å². The summed E-state index contributed by atoms with van der Waals surface area (Å²) in [5.74, 6) is -6.09. The van der Waals surface area contributed by atoms with Gasteiger partial charge in [-0.15, -0.1) is 0 Å². The number of alkyl halides is 9. The van der Waals surface area contributed by atoms with Gasteiger partial charge in [0.05, 0.1) is 17.4 Å². The van der Waals surface area contributed by atoms with Crippen LogP contribution in [0.25, 0.3) is 5.65 Å². The molecule has 1 saturated carbocycles. The molecule has 6 rings (SSSR count). The number of carboxylic acid groups (broad SMARTS) is 3. The van der Waals surface area contributed by atoms with Crippen molar-refractivity contribution in [3.63, 3.8) is 0 Å². The summed E-state index contributed by atoms with van der Waals surface area (Å²) in [5.41, 5.74) is 3.45. The Morgan fingerprint density at radius 3 is 1.79 bits per heavy atom. The van der Waals surface area contributed by atoms with E-state index in [9.17, 15) is 39.5 Å². The Hall–Kier alpha value is -4.66. The van der Waals surface area contributed by atoms with Gasteiger partial charge in [0, 0.05) is 58.2 Å². The molecule has 3 aliphatic rings. The molecular formula is C31H35F9N6O6. The largest absolute Gasteiger partial charge is 0.490 e. The number of aliphatic carboxylic acids is 3. The van der Waals surface area contributed by atoms with Gasteiger partial charge in [-0.2, -0.15) is 39.5 Å². The molecule has 0 radical (unpaired) electrons. The maximum Gasteiger partial charge on any atom is 0.490 e. The van der Waals surface area contributed by atoms with Crippen molar-refractivity contribution in [2.45, 2.75) is 56.8 Å². The maximum atomic E-state index is 10.6. The van der Waals surface area contributed by atoms with Crippen LogP contribution in [0.4, 0.5) is 45.3 Å². The lowest BCUT2D eigenvalue weighted by Gasteiger charge is -2.40. The number of aromatic nitrogens is 3. The molecule has 3 N–H and O–H groups in total. The van der Waals surface area contributed by atoms with Gasteiger partial charge in [0.15, 0.2) is 0 Å². The van der Waals surface area contributed by atoms with Crippen LogP contribution in [-0.4, -0.2) is 115 Å². The number of hydrogen-bond acceptors (Lipinski definition) is 8. The molecule has 1 aliphatic carbocycles. The Balaban J connectivity index is 0.000000285. The van der Waals surface area contributed by atoms with Crippen LogP contribution in [0.2, 0.25) is 0 Å². The fourth-order valence-corrected chi connectivity index (χ4v) is 5.25. The Morgan fingerprint density at radius 1 is 0.750 bits per heavy atom. The van der Waals surface area contributed by atoms with Crippen LogP contribution < -0.4 is 4.90 Å². The molecule has 3 aromatic heterocycles. The first kappa shape index (κ1) is 41.8. The van der Waals surface area contributed by atoms with Crippen LogP contribution in [0.15, 0.2) is 48.8 Å². The third-order valence-electron chi connectivity index (χ3n) is 7.86. The third kappa shape index (κ3) is 13.1. The molecular weight excluding hydrogens is 723 g/mol. The van der Waals surface area contributed by atoms with Crippen molar-refractivity contribution in [3.8, 4) is 0 Å². The Bertz CT molecular complexity index is 1570. The highest BCUT2D eigenvalue weighted by Crippen LogP contribution is 2.35. The average molecular weight is 759 g/mol. The zero-order valence-corrected chi connectivity index (χ0v) is 27.2. The smallest absolute Gasteiger partial charge is 0.475 e. The molecule has 0 bridgehead atoms. The van der Waals surface area contributed by atoms with Crippen molar-refractivity contribution in [1.29, 1.82) is 0 Å². The van der Waals surface area contributed by atoms with Crippen LogP contribution >= 0.6 is 0 Å². The number of hydrogen-bond donors (Lipinski definition) is 3. The van der Waals surface area contributed by atoms with Gasteiger partial charge >= 0.3 is 36.4 Å². The van der Waals surface area contributed by atoms with Gasteiger partial charge in [0.2, 0.25) is 0 Å². The number of nitrogens with zero attached hydrogens (tertiary/aromatic N) is 6. The number of imidazole rings is 1. The lowest BCUT2D eigenvalue weighted by atomic mass is 10.1. The molecule has 0 aromatic carbocycles. The number of halogens is 9. The second-order valence-corrected chi connectivity index (χ2v) is 11.9. The van der Waals surface area contributed by atoms with E-state index in [2.05, 4.69) is 60.6 Å². The van der Waals surface area contributed by atoms with E-state index in [-0.39, 0.29) is 0 Å². The normalized spacial score (nSPS) is 18.3. The number of carboxylic acids is 3. The topological polar surface area (TPSA) is 152 Å². The fourth-order valence-electron chi connectivity index (χ4n) is 5.25. The van der Waals surface area contributed by atoms with Gasteiger partial charge in [-0.05, 0) is 55.9 Å². The van der Waals surface area contributed by atoms with E-state index in [4.69, 9.17) is 34.7 Å². The number of anilines is 1. The first-order chi connectivity index (χ1) is 24.2. The monoisotopic (exact) mass is 758 g/mol. The van der Waals surface area contributed by atoms with Crippen molar-refractivity contribution < 1.29 is 69.2 Å². The predicted molar refractivity (Wildman–Crippen MR) is 164 cm³/mol. The van der Waals surface area contributed by atoms with Crippen molar-refractivity contribution in [2.24, 2.45) is 5.92 Å². The van der Waals surface area contributed by atoms with Gasteiger partial charge in [-0.25, -0.2) is 19.4 Å². The lowest BCUT2D eigenvalue weighted by Crippen LogP contribution is -2.48. The second kappa shape index (κ2) is 17.7. The highest BCUT2D eigenvalue weighted by Gasteiger charge is 2.39.